The Balaban J connectivity index is 2.15. The van der Waals surface area contributed by atoms with E-state index < -0.39 is 17.6 Å². The van der Waals surface area contributed by atoms with Crippen LogP contribution in [0.1, 0.15) is 18.9 Å². The van der Waals surface area contributed by atoms with Gasteiger partial charge in [0.05, 0.1) is 19.3 Å². The molecular weight excluding hydrogens is 254 g/mol. The molecule has 1 N–H and O–H groups in total. The van der Waals surface area contributed by atoms with Crippen LogP contribution in [-0.4, -0.2) is 35.9 Å². The van der Waals surface area contributed by atoms with Crippen molar-refractivity contribution in [1.82, 2.24) is 0 Å². The molecule has 0 aromatic heterocycles. The van der Waals surface area contributed by atoms with Crippen LogP contribution < -0.4 is 0 Å². The van der Waals surface area contributed by atoms with Gasteiger partial charge >= 0.3 is 0 Å². The zero-order chi connectivity index (χ0) is 13.9. The molecule has 0 saturated carbocycles. The Bertz CT molecular complexity index is 405. The van der Waals surface area contributed by atoms with Crippen LogP contribution in [0.3, 0.4) is 0 Å². The minimum Gasteiger partial charge on any atom is -0.390 e. The van der Waals surface area contributed by atoms with Crippen molar-refractivity contribution in [1.29, 1.82) is 0 Å². The van der Waals surface area contributed by atoms with Crippen molar-refractivity contribution in [2.24, 2.45) is 0 Å². The van der Waals surface area contributed by atoms with Crippen molar-refractivity contribution >= 4 is 0 Å². The number of aliphatic hydroxyl groups is 1. The van der Waals surface area contributed by atoms with E-state index in [-0.39, 0.29) is 26.2 Å². The summed E-state index contributed by atoms with van der Waals surface area (Å²) in [5.41, 5.74) is -1.19. The summed E-state index contributed by atoms with van der Waals surface area (Å²) in [7, 11) is 0. The zero-order valence-corrected chi connectivity index (χ0v) is 10.8. The van der Waals surface area contributed by atoms with Crippen LogP contribution in [0.2, 0.25) is 0 Å². The molecule has 0 bridgehead atoms. The van der Waals surface area contributed by atoms with Gasteiger partial charge in [0, 0.05) is 13.5 Å². The van der Waals surface area contributed by atoms with Crippen LogP contribution in [-0.2, 0) is 16.1 Å². The Morgan fingerprint density at radius 2 is 2.11 bits per heavy atom. The first-order valence-electron chi connectivity index (χ1n) is 6.27. The highest BCUT2D eigenvalue weighted by Gasteiger charge is 2.58. The molecule has 106 valence electrons. The van der Waals surface area contributed by atoms with Gasteiger partial charge < -0.3 is 14.6 Å². The van der Waals surface area contributed by atoms with Crippen molar-refractivity contribution < 1.29 is 23.4 Å². The number of benzene rings is 1. The molecule has 0 amide bonds. The van der Waals surface area contributed by atoms with Crippen LogP contribution in [0.5, 0.6) is 0 Å². The Morgan fingerprint density at radius 1 is 1.42 bits per heavy atom. The van der Waals surface area contributed by atoms with Crippen molar-refractivity contribution in [2.75, 3.05) is 13.2 Å². The fourth-order valence-corrected chi connectivity index (χ4v) is 2.22. The smallest absolute Gasteiger partial charge is 0.278 e. The molecular formula is C14H18F2O3. The summed E-state index contributed by atoms with van der Waals surface area (Å²) < 4.78 is 38.2. The van der Waals surface area contributed by atoms with Gasteiger partial charge in [0.2, 0.25) is 0 Å². The molecule has 0 aliphatic carbocycles. The highest BCUT2D eigenvalue weighted by Crippen LogP contribution is 2.39. The average molecular weight is 272 g/mol. The number of ether oxygens (including phenoxy) is 2. The van der Waals surface area contributed by atoms with E-state index in [2.05, 4.69) is 0 Å². The van der Waals surface area contributed by atoms with Gasteiger partial charge in [-0.2, -0.15) is 0 Å². The molecule has 0 spiro atoms. The summed E-state index contributed by atoms with van der Waals surface area (Å²) in [5.74, 6) is -3.18. The van der Waals surface area contributed by atoms with E-state index in [0.717, 1.165) is 12.5 Å². The number of halogens is 2. The van der Waals surface area contributed by atoms with E-state index in [4.69, 9.17) is 9.47 Å². The lowest BCUT2D eigenvalue weighted by atomic mass is 9.87. The Kier molecular flexibility index (Phi) is 4.18. The van der Waals surface area contributed by atoms with E-state index in [1.54, 1.807) is 12.1 Å². The Hall–Kier alpha value is -1.04. The lowest BCUT2D eigenvalue weighted by Gasteiger charge is -2.44. The molecule has 2 rings (SSSR count). The largest absolute Gasteiger partial charge is 0.390 e. The van der Waals surface area contributed by atoms with Crippen LogP contribution >= 0.6 is 0 Å². The lowest BCUT2D eigenvalue weighted by molar-refractivity contribution is -0.284. The topological polar surface area (TPSA) is 38.7 Å². The van der Waals surface area contributed by atoms with Crippen molar-refractivity contribution in [3.63, 3.8) is 0 Å². The summed E-state index contributed by atoms with van der Waals surface area (Å²) in [6.45, 7) is 0.749. The van der Waals surface area contributed by atoms with Gasteiger partial charge in [0.1, 0.15) is 0 Å². The molecule has 2 atom stereocenters. The zero-order valence-electron chi connectivity index (χ0n) is 10.8. The number of hydrogen-bond donors (Lipinski definition) is 1. The average Bonchev–Trinajstić information content (AvgIpc) is 2.38. The number of aliphatic hydroxyl groups excluding tert-OH is 1. The molecule has 1 heterocycles. The number of hydrogen-bond acceptors (Lipinski definition) is 3. The van der Waals surface area contributed by atoms with Gasteiger partial charge in [-0.1, -0.05) is 30.3 Å². The highest BCUT2D eigenvalue weighted by molar-refractivity contribution is 5.14. The highest BCUT2D eigenvalue weighted by atomic mass is 19.3. The van der Waals surface area contributed by atoms with Gasteiger partial charge in [-0.05, 0) is 12.0 Å². The standard InChI is InChI=1S/C14H18F2O3/c1-13(15,16)14(10-18-8-7-12(14)17)19-9-11-5-3-2-4-6-11/h2-6,12,17H,7-10H2,1H3. The van der Waals surface area contributed by atoms with E-state index in [9.17, 15) is 13.9 Å². The molecule has 5 heteroatoms. The van der Waals surface area contributed by atoms with Crippen molar-refractivity contribution in [2.45, 2.75) is 37.6 Å². The van der Waals surface area contributed by atoms with Gasteiger partial charge in [0.25, 0.3) is 5.92 Å². The van der Waals surface area contributed by atoms with Crippen LogP contribution in [0, 0.1) is 0 Å². The molecule has 1 aliphatic heterocycles. The lowest BCUT2D eigenvalue weighted by Crippen LogP contribution is -2.62. The third-order valence-electron chi connectivity index (χ3n) is 3.47. The molecule has 19 heavy (non-hydrogen) atoms. The first-order valence-corrected chi connectivity index (χ1v) is 6.27. The first-order chi connectivity index (χ1) is 8.96. The Morgan fingerprint density at radius 3 is 2.68 bits per heavy atom. The van der Waals surface area contributed by atoms with Gasteiger partial charge in [-0.25, -0.2) is 8.78 Å². The van der Waals surface area contributed by atoms with Crippen molar-refractivity contribution in [3.05, 3.63) is 35.9 Å². The van der Waals surface area contributed by atoms with Crippen LogP contribution in [0.25, 0.3) is 0 Å². The van der Waals surface area contributed by atoms with Gasteiger partial charge in [0.15, 0.2) is 5.60 Å². The molecule has 1 aromatic carbocycles. The quantitative estimate of drug-likeness (QED) is 0.914. The minimum atomic E-state index is -3.18. The molecule has 1 fully saturated rings. The third kappa shape index (κ3) is 2.94. The maximum absolute atomic E-state index is 13.9. The van der Waals surface area contributed by atoms with E-state index in [0.29, 0.717) is 0 Å². The summed E-state index contributed by atoms with van der Waals surface area (Å²) in [6.07, 6.45) is -1.08. The van der Waals surface area contributed by atoms with E-state index in [1.165, 1.54) is 0 Å². The maximum Gasteiger partial charge on any atom is 0.278 e. The molecule has 1 aromatic rings. The second-order valence-electron chi connectivity index (χ2n) is 4.91. The fourth-order valence-electron chi connectivity index (χ4n) is 2.22. The maximum atomic E-state index is 13.9. The summed E-state index contributed by atoms with van der Waals surface area (Å²) in [4.78, 5) is 0. The monoisotopic (exact) mass is 272 g/mol. The van der Waals surface area contributed by atoms with E-state index >= 15 is 0 Å². The van der Waals surface area contributed by atoms with Crippen LogP contribution in [0.4, 0.5) is 8.78 Å². The third-order valence-corrected chi connectivity index (χ3v) is 3.47. The molecule has 2 unspecified atom stereocenters. The van der Waals surface area contributed by atoms with Gasteiger partial charge in [-0.3, -0.25) is 0 Å². The predicted octanol–water partition coefficient (Wildman–Crippen LogP) is 2.38. The fraction of sp³-hybridized carbons (Fsp3) is 0.571. The Labute approximate surface area is 111 Å². The molecule has 0 radical (unpaired) electrons. The summed E-state index contributed by atoms with van der Waals surface area (Å²) in [5, 5.41) is 9.95. The summed E-state index contributed by atoms with van der Waals surface area (Å²) >= 11 is 0. The second kappa shape index (κ2) is 5.53. The van der Waals surface area contributed by atoms with Gasteiger partial charge in [-0.15, -0.1) is 0 Å². The normalized spacial score (nSPS) is 28.3. The number of alkyl halides is 2. The number of rotatable bonds is 4. The van der Waals surface area contributed by atoms with E-state index in [1.807, 2.05) is 18.2 Å². The first kappa shape index (κ1) is 14.4. The molecule has 3 nitrogen and oxygen atoms in total. The molecule has 1 aliphatic rings. The second-order valence-corrected chi connectivity index (χ2v) is 4.91. The predicted molar refractivity (Wildman–Crippen MR) is 66.0 cm³/mol. The SMILES string of the molecule is CC(F)(F)C1(OCc2ccccc2)COCCC1O. The van der Waals surface area contributed by atoms with Crippen molar-refractivity contribution in [3.8, 4) is 0 Å². The minimum absolute atomic E-state index is 0.0185. The molecule has 1 saturated heterocycles. The summed E-state index contributed by atoms with van der Waals surface area (Å²) in [6, 6.07) is 9.04. The van der Waals surface area contributed by atoms with Crippen LogP contribution in [0.15, 0.2) is 30.3 Å².